The maximum atomic E-state index is 12.2. The quantitative estimate of drug-likeness (QED) is 0.655. The number of H-pyrrole nitrogens is 1. The molecule has 0 spiro atoms. The van der Waals surface area contributed by atoms with Crippen LogP contribution in [0.2, 0.25) is 0 Å². The number of urea groups is 1. The van der Waals surface area contributed by atoms with Gasteiger partial charge in [0.2, 0.25) is 11.1 Å². The summed E-state index contributed by atoms with van der Waals surface area (Å²) in [7, 11) is 0. The summed E-state index contributed by atoms with van der Waals surface area (Å²) in [4.78, 5) is 29.8. The van der Waals surface area contributed by atoms with E-state index in [4.69, 9.17) is 0 Å². The minimum atomic E-state index is -0.461. The van der Waals surface area contributed by atoms with E-state index in [-0.39, 0.29) is 11.9 Å². The molecule has 0 saturated heterocycles. The van der Waals surface area contributed by atoms with Gasteiger partial charge in [0.05, 0.1) is 5.25 Å². The van der Waals surface area contributed by atoms with E-state index in [2.05, 4.69) is 25.8 Å². The molecule has 0 radical (unpaired) electrons. The van der Waals surface area contributed by atoms with Gasteiger partial charge in [-0.25, -0.2) is 9.78 Å². The number of imide groups is 1. The standard InChI is InChI=1S/C17H23N5O2S2/c1-11(15(23)20-16(24)18-12-6-3-2-4-7-12)26-17-19-14(21-22-17)10-13-8-5-9-25-13/h5,8-9,11-12H,2-4,6-7,10H2,1H3,(H,19,21,22)(H2,18,20,23,24). The summed E-state index contributed by atoms with van der Waals surface area (Å²) < 4.78 is 0. The molecule has 1 fully saturated rings. The van der Waals surface area contributed by atoms with E-state index in [1.54, 1.807) is 18.3 Å². The van der Waals surface area contributed by atoms with Crippen LogP contribution in [-0.4, -0.2) is 38.4 Å². The van der Waals surface area contributed by atoms with Crippen molar-refractivity contribution in [3.05, 3.63) is 28.2 Å². The first-order valence-electron chi connectivity index (χ1n) is 8.82. The van der Waals surface area contributed by atoms with Gasteiger partial charge in [-0.1, -0.05) is 37.1 Å². The molecule has 3 amide bonds. The molecule has 140 valence electrons. The highest BCUT2D eigenvalue weighted by molar-refractivity contribution is 8.00. The van der Waals surface area contributed by atoms with Gasteiger partial charge >= 0.3 is 6.03 Å². The summed E-state index contributed by atoms with van der Waals surface area (Å²) in [5.74, 6) is 0.422. The van der Waals surface area contributed by atoms with Crippen molar-refractivity contribution >= 4 is 35.0 Å². The van der Waals surface area contributed by atoms with Crippen LogP contribution in [0.1, 0.15) is 49.7 Å². The third-order valence-corrected chi connectivity index (χ3v) is 6.10. The third kappa shape index (κ3) is 5.57. The van der Waals surface area contributed by atoms with Gasteiger partial charge in [0.15, 0.2) is 0 Å². The highest BCUT2D eigenvalue weighted by Crippen LogP contribution is 2.21. The molecule has 7 nitrogen and oxygen atoms in total. The molecule has 1 unspecified atom stereocenters. The second-order valence-electron chi connectivity index (χ2n) is 6.38. The minimum Gasteiger partial charge on any atom is -0.335 e. The van der Waals surface area contributed by atoms with Crippen LogP contribution in [0, 0.1) is 0 Å². The van der Waals surface area contributed by atoms with Crippen molar-refractivity contribution in [3.8, 4) is 0 Å². The van der Waals surface area contributed by atoms with Gasteiger partial charge in [-0.15, -0.1) is 16.4 Å². The number of hydrogen-bond acceptors (Lipinski definition) is 6. The number of carbonyl (C=O) groups excluding carboxylic acids is 2. The number of hydrogen-bond donors (Lipinski definition) is 3. The van der Waals surface area contributed by atoms with Gasteiger partial charge in [-0.05, 0) is 31.2 Å². The number of rotatable bonds is 6. The SMILES string of the molecule is CC(Sc1n[nH]c(Cc2cccs2)n1)C(=O)NC(=O)NC1CCCCC1. The summed E-state index contributed by atoms with van der Waals surface area (Å²) >= 11 is 2.89. The third-order valence-electron chi connectivity index (χ3n) is 4.26. The molecule has 0 aromatic carbocycles. The fourth-order valence-electron chi connectivity index (χ4n) is 2.88. The summed E-state index contributed by atoms with van der Waals surface area (Å²) in [6.07, 6.45) is 6.13. The van der Waals surface area contributed by atoms with E-state index in [1.807, 2.05) is 17.5 Å². The number of thiophene rings is 1. The molecular formula is C17H23N5O2S2. The predicted octanol–water partition coefficient (Wildman–Crippen LogP) is 3.10. The van der Waals surface area contributed by atoms with Crippen LogP contribution in [0.3, 0.4) is 0 Å². The fraction of sp³-hybridized carbons (Fsp3) is 0.529. The van der Waals surface area contributed by atoms with Crippen molar-refractivity contribution in [2.75, 3.05) is 0 Å². The molecule has 1 aliphatic carbocycles. The first-order chi connectivity index (χ1) is 12.6. The average molecular weight is 394 g/mol. The van der Waals surface area contributed by atoms with Crippen molar-refractivity contribution in [2.24, 2.45) is 0 Å². The molecule has 26 heavy (non-hydrogen) atoms. The van der Waals surface area contributed by atoms with Crippen LogP contribution >= 0.6 is 23.1 Å². The second kappa shape index (κ2) is 9.18. The van der Waals surface area contributed by atoms with E-state index >= 15 is 0 Å². The number of aromatic amines is 1. The molecule has 1 saturated carbocycles. The summed E-state index contributed by atoms with van der Waals surface area (Å²) in [6, 6.07) is 3.80. The first kappa shape index (κ1) is 18.9. The van der Waals surface area contributed by atoms with Gasteiger partial charge in [0.25, 0.3) is 0 Å². The van der Waals surface area contributed by atoms with Gasteiger partial charge in [-0.3, -0.25) is 15.2 Å². The molecule has 1 aliphatic rings. The van der Waals surface area contributed by atoms with Gasteiger partial charge in [-0.2, -0.15) is 0 Å². The topological polar surface area (TPSA) is 99.8 Å². The minimum absolute atomic E-state index is 0.173. The molecule has 2 aromatic rings. The number of aromatic nitrogens is 3. The van der Waals surface area contributed by atoms with Crippen LogP contribution in [0.5, 0.6) is 0 Å². The maximum absolute atomic E-state index is 12.2. The number of thioether (sulfide) groups is 1. The largest absolute Gasteiger partial charge is 0.335 e. The lowest BCUT2D eigenvalue weighted by molar-refractivity contribution is -0.119. The molecule has 9 heteroatoms. The van der Waals surface area contributed by atoms with Crippen LogP contribution in [-0.2, 0) is 11.2 Å². The van der Waals surface area contributed by atoms with Crippen molar-refractivity contribution in [1.82, 2.24) is 25.8 Å². The molecule has 0 aliphatic heterocycles. The molecular weight excluding hydrogens is 370 g/mol. The Kier molecular flexibility index (Phi) is 6.67. The smallest absolute Gasteiger partial charge is 0.321 e. The Hall–Kier alpha value is -1.87. The Morgan fingerprint density at radius 1 is 1.38 bits per heavy atom. The zero-order valence-electron chi connectivity index (χ0n) is 14.7. The molecule has 3 rings (SSSR count). The van der Waals surface area contributed by atoms with Crippen molar-refractivity contribution < 1.29 is 9.59 Å². The Labute approximate surface area is 160 Å². The van der Waals surface area contributed by atoms with Crippen LogP contribution in [0.4, 0.5) is 4.79 Å². The summed E-state index contributed by atoms with van der Waals surface area (Å²) in [6.45, 7) is 1.74. The zero-order chi connectivity index (χ0) is 18.4. The van der Waals surface area contributed by atoms with E-state index in [1.165, 1.54) is 23.1 Å². The van der Waals surface area contributed by atoms with Crippen LogP contribution < -0.4 is 10.6 Å². The van der Waals surface area contributed by atoms with Crippen molar-refractivity contribution in [2.45, 2.75) is 61.9 Å². The number of nitrogens with one attached hydrogen (secondary N) is 3. The number of carbonyl (C=O) groups is 2. The number of nitrogens with zero attached hydrogens (tertiary/aromatic N) is 2. The van der Waals surface area contributed by atoms with Gasteiger partial charge < -0.3 is 5.32 Å². The zero-order valence-corrected chi connectivity index (χ0v) is 16.3. The lowest BCUT2D eigenvalue weighted by Crippen LogP contribution is -2.47. The lowest BCUT2D eigenvalue weighted by Gasteiger charge is -2.22. The Bertz CT molecular complexity index is 725. The normalized spacial score (nSPS) is 16.2. The van der Waals surface area contributed by atoms with E-state index in [9.17, 15) is 9.59 Å². The maximum Gasteiger partial charge on any atom is 0.321 e. The average Bonchev–Trinajstić information content (AvgIpc) is 3.28. The van der Waals surface area contributed by atoms with E-state index in [0.29, 0.717) is 11.6 Å². The van der Waals surface area contributed by atoms with Gasteiger partial charge in [0, 0.05) is 17.3 Å². The van der Waals surface area contributed by atoms with Crippen LogP contribution in [0.25, 0.3) is 0 Å². The lowest BCUT2D eigenvalue weighted by atomic mass is 9.96. The van der Waals surface area contributed by atoms with E-state index < -0.39 is 11.3 Å². The molecule has 2 aromatic heterocycles. The molecule has 3 N–H and O–H groups in total. The first-order valence-corrected chi connectivity index (χ1v) is 10.6. The predicted molar refractivity (Wildman–Crippen MR) is 102 cm³/mol. The monoisotopic (exact) mass is 393 g/mol. The van der Waals surface area contributed by atoms with Crippen LogP contribution in [0.15, 0.2) is 22.7 Å². The fourth-order valence-corrected chi connectivity index (χ4v) is 4.33. The van der Waals surface area contributed by atoms with Crippen molar-refractivity contribution in [1.29, 1.82) is 0 Å². The van der Waals surface area contributed by atoms with Gasteiger partial charge in [0.1, 0.15) is 5.82 Å². The highest BCUT2D eigenvalue weighted by Gasteiger charge is 2.21. The summed E-state index contributed by atoms with van der Waals surface area (Å²) in [5.41, 5.74) is 0. The van der Waals surface area contributed by atoms with Crippen molar-refractivity contribution in [3.63, 3.8) is 0 Å². The molecule has 0 bridgehead atoms. The Balaban J connectivity index is 1.44. The Morgan fingerprint density at radius 3 is 2.92 bits per heavy atom. The Morgan fingerprint density at radius 2 is 2.19 bits per heavy atom. The molecule has 2 heterocycles. The second-order valence-corrected chi connectivity index (χ2v) is 8.72. The number of amides is 3. The highest BCUT2D eigenvalue weighted by atomic mass is 32.2. The molecule has 1 atom stereocenters. The van der Waals surface area contributed by atoms with E-state index in [0.717, 1.165) is 31.5 Å². The summed E-state index contributed by atoms with van der Waals surface area (Å²) in [5, 5.41) is 14.4.